The van der Waals surface area contributed by atoms with E-state index >= 15 is 0 Å². The number of para-hydroxylation sites is 1. The van der Waals surface area contributed by atoms with E-state index < -0.39 is 0 Å². The van der Waals surface area contributed by atoms with E-state index in [2.05, 4.69) is 52.5 Å². The van der Waals surface area contributed by atoms with Gasteiger partial charge in [-0.25, -0.2) is 0 Å². The Morgan fingerprint density at radius 3 is 2.33 bits per heavy atom. The average Bonchev–Trinajstić information content (AvgIpc) is 3.26. The van der Waals surface area contributed by atoms with Gasteiger partial charge in [0.25, 0.3) is 0 Å². The third-order valence-corrected chi connectivity index (χ3v) is 8.30. The highest BCUT2D eigenvalue weighted by Crippen LogP contribution is 2.32. The monoisotopic (exact) mass is 555 g/mol. The predicted molar refractivity (Wildman–Crippen MR) is 164 cm³/mol. The van der Waals surface area contributed by atoms with Gasteiger partial charge in [0.2, 0.25) is 11.8 Å². The van der Waals surface area contributed by atoms with E-state index in [4.69, 9.17) is 11.6 Å². The summed E-state index contributed by atoms with van der Waals surface area (Å²) in [7, 11) is 0. The first-order chi connectivity index (χ1) is 18.9. The van der Waals surface area contributed by atoms with Gasteiger partial charge in [-0.05, 0) is 73.5 Å². The molecule has 0 saturated carbocycles. The van der Waals surface area contributed by atoms with E-state index in [1.54, 1.807) is 12.1 Å². The van der Waals surface area contributed by atoms with Crippen molar-refractivity contribution in [3.05, 3.63) is 102 Å². The number of aryl methyl sites for hydroxylation is 1. The number of fused-ring (bicyclic) bond motifs is 3. The second-order valence-corrected chi connectivity index (χ2v) is 11.1. The molecule has 0 spiro atoms. The quantitative estimate of drug-likeness (QED) is 0.180. The van der Waals surface area contributed by atoms with Crippen LogP contribution in [0, 0.1) is 0 Å². The average molecular weight is 556 g/mol. The van der Waals surface area contributed by atoms with Gasteiger partial charge in [0.15, 0.2) is 0 Å². The maximum Gasteiger partial charge on any atom is 0.237 e. The van der Waals surface area contributed by atoms with Crippen LogP contribution in [0.3, 0.4) is 0 Å². The van der Waals surface area contributed by atoms with Gasteiger partial charge in [-0.15, -0.1) is 11.8 Å². The van der Waals surface area contributed by atoms with Crippen LogP contribution in [0.5, 0.6) is 0 Å². The van der Waals surface area contributed by atoms with Gasteiger partial charge in [0.1, 0.15) is 0 Å². The molecule has 1 aromatic heterocycles. The lowest BCUT2D eigenvalue weighted by atomic mass is 10.1. The Kier molecular flexibility index (Phi) is 8.24. The topological polar surface area (TPSA) is 63.1 Å². The molecule has 0 aliphatic rings. The van der Waals surface area contributed by atoms with Crippen LogP contribution in [0.2, 0.25) is 5.02 Å². The Bertz CT molecular complexity index is 1650. The lowest BCUT2D eigenvalue weighted by Gasteiger charge is -2.16. The van der Waals surface area contributed by atoms with Gasteiger partial charge < -0.3 is 15.2 Å². The van der Waals surface area contributed by atoms with Crippen LogP contribution in [0.25, 0.3) is 21.8 Å². The molecule has 198 valence electrons. The summed E-state index contributed by atoms with van der Waals surface area (Å²) >= 11 is 7.43. The maximum absolute atomic E-state index is 13.3. The molecule has 0 aliphatic carbocycles. The summed E-state index contributed by atoms with van der Waals surface area (Å²) in [5.74, 6) is -0.151. The number of hydrogen-bond donors (Lipinski definition) is 2. The molecular weight excluding hydrogens is 526 g/mol. The highest BCUT2D eigenvalue weighted by molar-refractivity contribution is 8.00. The van der Waals surface area contributed by atoms with E-state index in [9.17, 15) is 9.59 Å². The standard InChI is InChI=1S/C32H30ClN3O2S/c1-3-30(39-25-9-7-8-23(19-25)34-31(37)18-21-12-14-22(33)15-13-21)32(38)35-24-16-17-29-27(20-24)26-10-5-6-11-28(26)36(29)4-2/h5-17,19-20,30H,3-4,18H2,1-2H3,(H,34,37)(H,35,38). The van der Waals surface area contributed by atoms with Gasteiger partial charge in [-0.1, -0.05) is 54.9 Å². The zero-order valence-electron chi connectivity index (χ0n) is 21.9. The van der Waals surface area contributed by atoms with Crippen molar-refractivity contribution in [2.24, 2.45) is 0 Å². The molecule has 1 atom stereocenters. The Labute approximate surface area is 237 Å². The number of anilines is 2. The van der Waals surface area contributed by atoms with Crippen LogP contribution >= 0.6 is 23.4 Å². The number of thioether (sulfide) groups is 1. The molecule has 1 heterocycles. The van der Waals surface area contributed by atoms with Crippen LogP contribution < -0.4 is 10.6 Å². The van der Waals surface area contributed by atoms with Crippen molar-refractivity contribution in [3.8, 4) is 0 Å². The maximum atomic E-state index is 13.3. The number of nitrogens with one attached hydrogen (secondary N) is 2. The number of halogens is 1. The third-order valence-electron chi connectivity index (χ3n) is 6.69. The number of carbonyl (C=O) groups is 2. The zero-order valence-corrected chi connectivity index (χ0v) is 23.5. The molecule has 0 bridgehead atoms. The van der Waals surface area contributed by atoms with Gasteiger partial charge >= 0.3 is 0 Å². The fraction of sp³-hybridized carbons (Fsp3) is 0.188. The molecule has 0 fully saturated rings. The number of nitrogens with zero attached hydrogens (tertiary/aromatic N) is 1. The van der Waals surface area contributed by atoms with Crippen molar-refractivity contribution in [1.29, 1.82) is 0 Å². The van der Waals surface area contributed by atoms with Crippen LogP contribution in [0.1, 0.15) is 25.8 Å². The lowest BCUT2D eigenvalue weighted by Crippen LogP contribution is -2.24. The van der Waals surface area contributed by atoms with E-state index in [0.717, 1.165) is 33.6 Å². The zero-order chi connectivity index (χ0) is 27.4. The van der Waals surface area contributed by atoms with Gasteiger partial charge in [-0.3, -0.25) is 9.59 Å². The molecule has 2 N–H and O–H groups in total. The van der Waals surface area contributed by atoms with Crippen LogP contribution in [0.15, 0.2) is 95.9 Å². The number of benzene rings is 4. The highest BCUT2D eigenvalue weighted by Gasteiger charge is 2.19. The largest absolute Gasteiger partial charge is 0.341 e. The Hall–Kier alpha value is -3.74. The molecule has 5 nitrogen and oxygen atoms in total. The molecule has 0 radical (unpaired) electrons. The first kappa shape index (κ1) is 26.9. The van der Waals surface area contributed by atoms with Crippen LogP contribution in [-0.2, 0) is 22.6 Å². The SMILES string of the molecule is CCC(Sc1cccc(NC(=O)Cc2ccc(Cl)cc2)c1)C(=O)Nc1ccc2c(c1)c1ccccc1n2CC. The molecular formula is C32H30ClN3O2S. The summed E-state index contributed by atoms with van der Waals surface area (Å²) in [6.45, 7) is 5.03. The molecule has 4 aromatic carbocycles. The molecule has 5 rings (SSSR count). The number of rotatable bonds is 9. The van der Waals surface area contributed by atoms with Gasteiger partial charge in [0, 0.05) is 49.6 Å². The number of amides is 2. The minimum absolute atomic E-state index is 0.0433. The molecule has 0 saturated heterocycles. The van der Waals surface area contributed by atoms with E-state index in [0.29, 0.717) is 17.1 Å². The summed E-state index contributed by atoms with van der Waals surface area (Å²) in [6.07, 6.45) is 0.927. The fourth-order valence-electron chi connectivity index (χ4n) is 4.82. The third kappa shape index (κ3) is 6.13. The molecule has 0 aliphatic heterocycles. The second-order valence-electron chi connectivity index (χ2n) is 9.38. The van der Waals surface area contributed by atoms with Gasteiger partial charge in [0.05, 0.1) is 11.7 Å². The molecule has 2 amide bonds. The summed E-state index contributed by atoms with van der Waals surface area (Å²) in [6, 6.07) is 29.3. The van der Waals surface area contributed by atoms with Crippen molar-refractivity contribution < 1.29 is 9.59 Å². The summed E-state index contributed by atoms with van der Waals surface area (Å²) < 4.78 is 2.29. The van der Waals surface area contributed by atoms with Crippen LogP contribution in [0.4, 0.5) is 11.4 Å². The van der Waals surface area contributed by atoms with Crippen molar-refractivity contribution >= 4 is 68.4 Å². The Balaban J connectivity index is 1.26. The minimum Gasteiger partial charge on any atom is -0.341 e. The van der Waals surface area contributed by atoms with E-state index in [1.165, 1.54) is 22.7 Å². The normalized spacial score (nSPS) is 12.0. The first-order valence-electron chi connectivity index (χ1n) is 13.1. The number of aromatic nitrogens is 1. The molecule has 7 heteroatoms. The van der Waals surface area contributed by atoms with Crippen LogP contribution in [-0.4, -0.2) is 21.6 Å². The Morgan fingerprint density at radius 2 is 1.56 bits per heavy atom. The van der Waals surface area contributed by atoms with E-state index in [1.807, 2.05) is 55.5 Å². The fourth-order valence-corrected chi connectivity index (χ4v) is 5.96. The summed E-state index contributed by atoms with van der Waals surface area (Å²) in [5.41, 5.74) is 4.73. The first-order valence-corrected chi connectivity index (χ1v) is 14.3. The molecule has 39 heavy (non-hydrogen) atoms. The number of hydrogen-bond acceptors (Lipinski definition) is 3. The van der Waals surface area contributed by atoms with Gasteiger partial charge in [-0.2, -0.15) is 0 Å². The lowest BCUT2D eigenvalue weighted by molar-refractivity contribution is -0.116. The second kappa shape index (κ2) is 12.0. The molecule has 1 unspecified atom stereocenters. The Morgan fingerprint density at radius 1 is 0.821 bits per heavy atom. The minimum atomic E-state index is -0.280. The number of carbonyl (C=O) groups excluding carboxylic acids is 2. The van der Waals surface area contributed by atoms with Crippen molar-refractivity contribution in [2.75, 3.05) is 10.6 Å². The van der Waals surface area contributed by atoms with E-state index in [-0.39, 0.29) is 23.5 Å². The summed E-state index contributed by atoms with van der Waals surface area (Å²) in [5, 5.41) is 8.76. The summed E-state index contributed by atoms with van der Waals surface area (Å²) in [4.78, 5) is 26.7. The highest BCUT2D eigenvalue weighted by atomic mass is 35.5. The molecule has 5 aromatic rings. The smallest absolute Gasteiger partial charge is 0.237 e. The van der Waals surface area contributed by atoms with Crippen molar-refractivity contribution in [2.45, 2.75) is 43.4 Å². The predicted octanol–water partition coefficient (Wildman–Crippen LogP) is 8.16. The van der Waals surface area contributed by atoms with Crippen molar-refractivity contribution in [3.63, 3.8) is 0 Å². The van der Waals surface area contributed by atoms with Crippen molar-refractivity contribution in [1.82, 2.24) is 4.57 Å².